The van der Waals surface area contributed by atoms with Gasteiger partial charge in [-0.05, 0) is 35.0 Å². The molecular weight excluding hydrogens is 374 g/mol. The molecule has 0 spiro atoms. The van der Waals surface area contributed by atoms with Crippen molar-refractivity contribution < 1.29 is 19.1 Å². The molecule has 6 heteroatoms. The number of imide groups is 1. The molecule has 0 aromatic heterocycles. The fourth-order valence-corrected chi connectivity index (χ4v) is 4.35. The summed E-state index contributed by atoms with van der Waals surface area (Å²) in [6, 6.07) is 20.5. The smallest absolute Gasteiger partial charge is 0.321 e. The van der Waals surface area contributed by atoms with Crippen molar-refractivity contribution in [2.45, 2.75) is 10.1 Å². The lowest BCUT2D eigenvalue weighted by atomic mass is 10.1. The summed E-state index contributed by atoms with van der Waals surface area (Å²) in [4.78, 5) is 39.6. The van der Waals surface area contributed by atoms with Crippen molar-refractivity contribution in [2.24, 2.45) is 0 Å². The lowest BCUT2D eigenvalue weighted by molar-refractivity contribution is -0.140. The summed E-state index contributed by atoms with van der Waals surface area (Å²) in [5.41, 5.74) is 0.735. The number of methoxy groups -OCH3 is 1. The number of hydrogen-bond acceptors (Lipinski definition) is 5. The number of carbonyl (C=O) groups is 3. The van der Waals surface area contributed by atoms with Crippen LogP contribution in [-0.4, -0.2) is 41.6 Å². The first-order valence-electron chi connectivity index (χ1n) is 8.77. The van der Waals surface area contributed by atoms with Crippen LogP contribution in [0, 0.1) is 0 Å². The summed E-state index contributed by atoms with van der Waals surface area (Å²) >= 11 is 1.29. The summed E-state index contributed by atoms with van der Waals surface area (Å²) in [5, 5.41) is 1.44. The van der Waals surface area contributed by atoms with Crippen LogP contribution in [0.1, 0.15) is 20.7 Å². The van der Waals surface area contributed by atoms with E-state index in [2.05, 4.69) is 0 Å². The summed E-state index contributed by atoms with van der Waals surface area (Å²) in [5.74, 6) is -1.24. The predicted molar refractivity (Wildman–Crippen MR) is 107 cm³/mol. The standard InChI is InChI=1S/C22H17NO4S/c1-27-22(26)19(28-16-11-10-14-6-2-3-7-15(14)12-16)13-23-20(24)17-8-4-5-9-18(17)21(23)25/h2-12,19H,13H2,1H3/t19-/m1/s1. The van der Waals surface area contributed by atoms with Gasteiger partial charge in [-0.2, -0.15) is 0 Å². The maximum atomic E-state index is 12.6. The molecule has 2 amide bonds. The van der Waals surface area contributed by atoms with Gasteiger partial charge in [0.1, 0.15) is 5.25 Å². The van der Waals surface area contributed by atoms with E-state index < -0.39 is 11.2 Å². The molecule has 0 bridgehead atoms. The van der Waals surface area contributed by atoms with Gasteiger partial charge in [0.25, 0.3) is 11.8 Å². The number of hydrogen-bond donors (Lipinski definition) is 0. The van der Waals surface area contributed by atoms with Crippen molar-refractivity contribution in [1.29, 1.82) is 0 Å². The summed E-state index contributed by atoms with van der Waals surface area (Å²) < 4.78 is 4.92. The SMILES string of the molecule is COC(=O)[C@@H](CN1C(=O)c2ccccc2C1=O)Sc1ccc2ccccc2c1. The normalized spacial score (nSPS) is 14.2. The van der Waals surface area contributed by atoms with E-state index in [4.69, 9.17) is 4.74 Å². The third kappa shape index (κ3) is 3.27. The minimum Gasteiger partial charge on any atom is -0.468 e. The van der Waals surface area contributed by atoms with Crippen molar-refractivity contribution in [3.05, 3.63) is 77.9 Å². The lowest BCUT2D eigenvalue weighted by Crippen LogP contribution is -2.39. The van der Waals surface area contributed by atoms with Crippen LogP contribution in [0.2, 0.25) is 0 Å². The van der Waals surface area contributed by atoms with Crippen molar-refractivity contribution >= 4 is 40.3 Å². The first kappa shape index (κ1) is 18.3. The first-order chi connectivity index (χ1) is 13.6. The van der Waals surface area contributed by atoms with E-state index >= 15 is 0 Å². The molecule has 0 saturated carbocycles. The highest BCUT2D eigenvalue weighted by atomic mass is 32.2. The molecular formula is C22H17NO4S. The molecule has 1 aliphatic heterocycles. The molecule has 1 heterocycles. The number of ether oxygens (including phenoxy) is 1. The Morgan fingerprint density at radius 3 is 2.18 bits per heavy atom. The third-order valence-corrected chi connectivity index (χ3v) is 5.84. The van der Waals surface area contributed by atoms with Crippen molar-refractivity contribution in [3.63, 3.8) is 0 Å². The van der Waals surface area contributed by atoms with Gasteiger partial charge in [-0.3, -0.25) is 19.3 Å². The van der Waals surface area contributed by atoms with Crippen LogP contribution in [0.5, 0.6) is 0 Å². The quantitative estimate of drug-likeness (QED) is 0.376. The lowest BCUT2D eigenvalue weighted by Gasteiger charge is -2.20. The highest BCUT2D eigenvalue weighted by Gasteiger charge is 2.38. The van der Waals surface area contributed by atoms with Crippen LogP contribution in [0.4, 0.5) is 0 Å². The van der Waals surface area contributed by atoms with E-state index in [9.17, 15) is 14.4 Å². The predicted octanol–water partition coefficient (Wildman–Crippen LogP) is 3.77. The zero-order chi connectivity index (χ0) is 19.7. The number of rotatable bonds is 5. The Labute approximate surface area is 166 Å². The van der Waals surface area contributed by atoms with Crippen LogP contribution in [0.15, 0.2) is 71.6 Å². The largest absolute Gasteiger partial charge is 0.468 e. The summed E-state index contributed by atoms with van der Waals surface area (Å²) in [6.45, 7) is -0.0451. The Morgan fingerprint density at radius 1 is 0.929 bits per heavy atom. The molecule has 5 nitrogen and oxygen atoms in total. The Hall–Kier alpha value is -3.12. The molecule has 0 fully saturated rings. The minimum absolute atomic E-state index is 0.0451. The van der Waals surface area contributed by atoms with Crippen LogP contribution >= 0.6 is 11.8 Å². The van der Waals surface area contributed by atoms with Gasteiger partial charge in [-0.1, -0.05) is 42.5 Å². The number of nitrogens with zero attached hydrogens (tertiary/aromatic N) is 1. The second-order valence-electron chi connectivity index (χ2n) is 6.41. The molecule has 3 aromatic rings. The van der Waals surface area contributed by atoms with Gasteiger partial charge in [-0.15, -0.1) is 11.8 Å². The maximum Gasteiger partial charge on any atom is 0.321 e. The number of carbonyl (C=O) groups excluding carboxylic acids is 3. The van der Waals surface area contributed by atoms with E-state index in [-0.39, 0.29) is 18.4 Å². The van der Waals surface area contributed by atoms with E-state index in [1.165, 1.54) is 18.9 Å². The average Bonchev–Trinajstić information content (AvgIpc) is 2.97. The highest BCUT2D eigenvalue weighted by Crippen LogP contribution is 2.30. The van der Waals surface area contributed by atoms with Crippen molar-refractivity contribution in [3.8, 4) is 0 Å². The molecule has 1 aliphatic rings. The Balaban J connectivity index is 1.59. The molecule has 28 heavy (non-hydrogen) atoms. The molecule has 0 aliphatic carbocycles. The van der Waals surface area contributed by atoms with Gasteiger partial charge in [0, 0.05) is 4.90 Å². The highest BCUT2D eigenvalue weighted by molar-refractivity contribution is 8.00. The molecule has 1 atom stereocenters. The first-order valence-corrected chi connectivity index (χ1v) is 9.65. The van der Waals surface area contributed by atoms with Gasteiger partial charge in [0.15, 0.2) is 0 Å². The number of benzene rings is 3. The van der Waals surface area contributed by atoms with Gasteiger partial charge in [-0.25, -0.2) is 0 Å². The number of thioether (sulfide) groups is 1. The zero-order valence-corrected chi connectivity index (χ0v) is 15.9. The summed E-state index contributed by atoms with van der Waals surface area (Å²) in [6.07, 6.45) is 0. The van der Waals surface area contributed by atoms with Gasteiger partial charge in [0.2, 0.25) is 0 Å². The molecule has 140 valence electrons. The second kappa shape index (κ2) is 7.48. The van der Waals surface area contributed by atoms with Gasteiger partial charge >= 0.3 is 5.97 Å². The minimum atomic E-state index is -0.714. The number of amides is 2. The molecule has 4 rings (SSSR count). The van der Waals surface area contributed by atoms with Crippen molar-refractivity contribution in [2.75, 3.05) is 13.7 Å². The third-order valence-electron chi connectivity index (χ3n) is 4.69. The van der Waals surface area contributed by atoms with E-state index in [1.54, 1.807) is 24.3 Å². The maximum absolute atomic E-state index is 12.6. The fourth-order valence-electron chi connectivity index (χ4n) is 3.27. The Morgan fingerprint density at radius 2 is 1.54 bits per heavy atom. The molecule has 3 aromatic carbocycles. The monoisotopic (exact) mass is 391 g/mol. The second-order valence-corrected chi connectivity index (χ2v) is 7.68. The topological polar surface area (TPSA) is 63.7 Å². The van der Waals surface area contributed by atoms with Crippen LogP contribution in [0.3, 0.4) is 0 Å². The molecule has 0 saturated heterocycles. The van der Waals surface area contributed by atoms with E-state index in [1.807, 2.05) is 42.5 Å². The van der Waals surface area contributed by atoms with E-state index in [0.717, 1.165) is 20.6 Å². The Kier molecular flexibility index (Phi) is 4.88. The van der Waals surface area contributed by atoms with Crippen LogP contribution < -0.4 is 0 Å². The van der Waals surface area contributed by atoms with E-state index in [0.29, 0.717) is 11.1 Å². The van der Waals surface area contributed by atoms with Crippen LogP contribution in [-0.2, 0) is 9.53 Å². The van der Waals surface area contributed by atoms with Gasteiger partial charge in [0.05, 0.1) is 24.8 Å². The number of esters is 1. The van der Waals surface area contributed by atoms with Crippen LogP contribution in [0.25, 0.3) is 10.8 Å². The summed E-state index contributed by atoms with van der Waals surface area (Å²) in [7, 11) is 1.30. The average molecular weight is 391 g/mol. The number of fused-ring (bicyclic) bond motifs is 2. The Bertz CT molecular complexity index is 1060. The molecule has 0 unspecified atom stereocenters. The molecule has 0 N–H and O–H groups in total. The van der Waals surface area contributed by atoms with Crippen molar-refractivity contribution in [1.82, 2.24) is 4.90 Å². The molecule has 0 radical (unpaired) electrons. The fraction of sp³-hybridized carbons (Fsp3) is 0.136. The zero-order valence-electron chi connectivity index (χ0n) is 15.1. The van der Waals surface area contributed by atoms with Gasteiger partial charge < -0.3 is 4.74 Å².